The monoisotopic (exact) mass is 516 g/mol. The number of hydrogen-bond acceptors (Lipinski definition) is 4. The Morgan fingerprint density at radius 2 is 2.10 bits per heavy atom. The molecule has 0 bridgehead atoms. The molecular formula is C21H33IN4O3. The molecule has 29 heavy (non-hydrogen) atoms. The summed E-state index contributed by atoms with van der Waals surface area (Å²) in [5.74, 6) is 3.19. The molecule has 2 N–H and O–H groups in total. The average molecular weight is 516 g/mol. The molecule has 0 aromatic heterocycles. The third-order valence-corrected chi connectivity index (χ3v) is 5.09. The number of benzene rings is 1. The first-order valence-corrected chi connectivity index (χ1v) is 10.3. The van der Waals surface area contributed by atoms with Crippen LogP contribution in [0.3, 0.4) is 0 Å². The van der Waals surface area contributed by atoms with Crippen molar-refractivity contribution >= 4 is 35.8 Å². The fourth-order valence-corrected chi connectivity index (χ4v) is 3.60. The van der Waals surface area contributed by atoms with Gasteiger partial charge in [0, 0.05) is 32.6 Å². The number of guanidine groups is 1. The third kappa shape index (κ3) is 7.24. The number of carbonyl (C=O) groups is 1. The minimum atomic E-state index is 0. The molecule has 1 amide bonds. The van der Waals surface area contributed by atoms with E-state index in [1.54, 1.807) is 0 Å². The van der Waals surface area contributed by atoms with Crippen molar-refractivity contribution in [3.63, 3.8) is 0 Å². The summed E-state index contributed by atoms with van der Waals surface area (Å²) in [6.45, 7) is 8.36. The van der Waals surface area contributed by atoms with Crippen LogP contribution in [0.25, 0.3) is 0 Å². The predicted molar refractivity (Wildman–Crippen MR) is 125 cm³/mol. The Kier molecular flexibility index (Phi) is 9.83. The number of rotatable bonds is 7. The highest BCUT2D eigenvalue weighted by Gasteiger charge is 2.20. The van der Waals surface area contributed by atoms with Crippen LogP contribution in [0.15, 0.2) is 23.2 Å². The van der Waals surface area contributed by atoms with E-state index in [2.05, 4.69) is 28.6 Å². The lowest BCUT2D eigenvalue weighted by atomic mass is 10.00. The van der Waals surface area contributed by atoms with Crippen LogP contribution in [0.4, 0.5) is 0 Å². The molecule has 1 aromatic carbocycles. The Balaban J connectivity index is 0.00000300. The quantitative estimate of drug-likeness (QED) is 0.331. The first-order chi connectivity index (χ1) is 13.7. The maximum Gasteiger partial charge on any atom is 0.231 e. The first-order valence-electron chi connectivity index (χ1n) is 10.3. The number of carbonyl (C=O) groups excluding carboxylic acids is 1. The standard InChI is InChI=1S/C21H32N4O3.HI/c1-3-22-21(24-11-9-20(26)25-12-4-5-16(2)14-25)23-10-8-17-6-7-18-19(13-17)28-15-27-18;/h6-7,13,16H,3-5,8-12,14-15H2,1-2H3,(H2,22,23,24);1H. The smallest absolute Gasteiger partial charge is 0.231 e. The third-order valence-electron chi connectivity index (χ3n) is 5.09. The molecular weight excluding hydrogens is 483 g/mol. The van der Waals surface area contributed by atoms with E-state index in [-0.39, 0.29) is 29.9 Å². The fraction of sp³-hybridized carbons (Fsp3) is 0.619. The molecule has 162 valence electrons. The highest BCUT2D eigenvalue weighted by atomic mass is 127. The Bertz CT molecular complexity index is 699. The van der Waals surface area contributed by atoms with Crippen molar-refractivity contribution in [1.82, 2.24) is 15.5 Å². The highest BCUT2D eigenvalue weighted by Crippen LogP contribution is 2.32. The van der Waals surface area contributed by atoms with Gasteiger partial charge in [-0.3, -0.25) is 9.79 Å². The topological polar surface area (TPSA) is 75.2 Å². The molecule has 8 heteroatoms. The molecule has 1 aromatic rings. The van der Waals surface area contributed by atoms with Gasteiger partial charge < -0.3 is 25.0 Å². The van der Waals surface area contributed by atoms with Gasteiger partial charge in [0.05, 0.1) is 6.54 Å². The summed E-state index contributed by atoms with van der Waals surface area (Å²) in [6, 6.07) is 6.02. The highest BCUT2D eigenvalue weighted by molar-refractivity contribution is 14.0. The first kappa shape index (κ1) is 23.6. The average Bonchev–Trinajstić information content (AvgIpc) is 3.16. The van der Waals surface area contributed by atoms with Crippen LogP contribution in [0.1, 0.15) is 38.7 Å². The molecule has 0 aliphatic carbocycles. The van der Waals surface area contributed by atoms with Gasteiger partial charge in [0.1, 0.15) is 0 Å². The van der Waals surface area contributed by atoms with Gasteiger partial charge in [-0.15, -0.1) is 24.0 Å². The molecule has 1 saturated heterocycles. The van der Waals surface area contributed by atoms with E-state index >= 15 is 0 Å². The van der Waals surface area contributed by atoms with E-state index < -0.39 is 0 Å². The van der Waals surface area contributed by atoms with E-state index in [4.69, 9.17) is 9.47 Å². The van der Waals surface area contributed by atoms with Gasteiger partial charge in [0.2, 0.25) is 12.7 Å². The lowest BCUT2D eigenvalue weighted by Crippen LogP contribution is -2.40. The Morgan fingerprint density at radius 1 is 1.28 bits per heavy atom. The molecule has 1 unspecified atom stereocenters. The maximum atomic E-state index is 12.4. The number of aliphatic imine (C=N–C) groups is 1. The molecule has 1 fully saturated rings. The molecule has 3 rings (SSSR count). The summed E-state index contributed by atoms with van der Waals surface area (Å²) in [4.78, 5) is 18.9. The lowest BCUT2D eigenvalue weighted by molar-refractivity contribution is -0.132. The summed E-state index contributed by atoms with van der Waals surface area (Å²) >= 11 is 0. The number of fused-ring (bicyclic) bond motifs is 1. The normalized spacial score (nSPS) is 18.2. The minimum Gasteiger partial charge on any atom is -0.454 e. The van der Waals surface area contributed by atoms with Crippen LogP contribution in [-0.2, 0) is 11.2 Å². The maximum absolute atomic E-state index is 12.4. The van der Waals surface area contributed by atoms with Crippen molar-refractivity contribution in [1.29, 1.82) is 0 Å². The largest absolute Gasteiger partial charge is 0.454 e. The summed E-state index contributed by atoms with van der Waals surface area (Å²) in [5, 5.41) is 6.58. The van der Waals surface area contributed by atoms with Crippen molar-refractivity contribution < 1.29 is 14.3 Å². The molecule has 0 radical (unpaired) electrons. The number of halogens is 1. The van der Waals surface area contributed by atoms with Gasteiger partial charge in [0.25, 0.3) is 0 Å². The Hall–Kier alpha value is -1.71. The number of ether oxygens (including phenoxy) is 2. The van der Waals surface area contributed by atoms with Gasteiger partial charge in [-0.05, 0) is 49.8 Å². The SMILES string of the molecule is CCNC(=NCCC(=O)N1CCCC(C)C1)NCCc1ccc2c(c1)OCO2.I. The molecule has 1 atom stereocenters. The van der Waals surface area contributed by atoms with Crippen molar-refractivity contribution in [2.45, 2.75) is 39.5 Å². The second-order valence-electron chi connectivity index (χ2n) is 7.46. The van der Waals surface area contributed by atoms with Gasteiger partial charge >= 0.3 is 0 Å². The van der Waals surface area contributed by atoms with Gasteiger partial charge in [-0.1, -0.05) is 13.0 Å². The molecule has 7 nitrogen and oxygen atoms in total. The zero-order chi connectivity index (χ0) is 19.8. The number of amides is 1. The number of likely N-dealkylation sites (tertiary alicyclic amines) is 1. The minimum absolute atomic E-state index is 0. The van der Waals surface area contributed by atoms with E-state index in [1.807, 2.05) is 24.0 Å². The van der Waals surface area contributed by atoms with Gasteiger partial charge in [0.15, 0.2) is 17.5 Å². The zero-order valence-corrected chi connectivity index (χ0v) is 19.7. The van der Waals surface area contributed by atoms with E-state index in [0.717, 1.165) is 56.5 Å². The van der Waals surface area contributed by atoms with Crippen molar-refractivity contribution in [2.75, 3.05) is 39.5 Å². The van der Waals surface area contributed by atoms with Gasteiger partial charge in [-0.25, -0.2) is 0 Å². The Morgan fingerprint density at radius 3 is 2.90 bits per heavy atom. The molecule has 2 aliphatic rings. The van der Waals surface area contributed by atoms with Crippen LogP contribution >= 0.6 is 24.0 Å². The van der Waals surface area contributed by atoms with Gasteiger partial charge in [-0.2, -0.15) is 0 Å². The lowest BCUT2D eigenvalue weighted by Gasteiger charge is -2.30. The number of nitrogens with zero attached hydrogens (tertiary/aromatic N) is 2. The van der Waals surface area contributed by atoms with Crippen LogP contribution in [0.5, 0.6) is 11.5 Å². The summed E-state index contributed by atoms with van der Waals surface area (Å²) in [6.07, 6.45) is 3.65. The zero-order valence-electron chi connectivity index (χ0n) is 17.4. The van der Waals surface area contributed by atoms with E-state index in [1.165, 1.54) is 12.0 Å². The predicted octanol–water partition coefficient (Wildman–Crippen LogP) is 2.78. The van der Waals surface area contributed by atoms with E-state index in [0.29, 0.717) is 25.7 Å². The summed E-state index contributed by atoms with van der Waals surface area (Å²) < 4.78 is 10.8. The van der Waals surface area contributed by atoms with Crippen LogP contribution < -0.4 is 20.1 Å². The summed E-state index contributed by atoms with van der Waals surface area (Å²) in [7, 11) is 0. The van der Waals surface area contributed by atoms with Crippen LogP contribution in [0.2, 0.25) is 0 Å². The van der Waals surface area contributed by atoms with Crippen molar-refractivity contribution in [3.8, 4) is 11.5 Å². The van der Waals surface area contributed by atoms with Crippen molar-refractivity contribution in [3.05, 3.63) is 23.8 Å². The van der Waals surface area contributed by atoms with Crippen LogP contribution in [0, 0.1) is 5.92 Å². The molecule has 0 spiro atoms. The van der Waals surface area contributed by atoms with Crippen molar-refractivity contribution in [2.24, 2.45) is 10.9 Å². The molecule has 2 aliphatic heterocycles. The molecule has 2 heterocycles. The second-order valence-corrected chi connectivity index (χ2v) is 7.46. The fourth-order valence-electron chi connectivity index (χ4n) is 3.60. The van der Waals surface area contributed by atoms with E-state index in [9.17, 15) is 4.79 Å². The van der Waals surface area contributed by atoms with Crippen LogP contribution in [-0.4, -0.2) is 56.3 Å². The molecule has 0 saturated carbocycles. The number of hydrogen-bond donors (Lipinski definition) is 2. The number of piperidine rings is 1. The number of nitrogens with one attached hydrogen (secondary N) is 2. The second kappa shape index (κ2) is 12.1. The Labute approximate surface area is 190 Å². The summed E-state index contributed by atoms with van der Waals surface area (Å²) in [5.41, 5.74) is 1.18.